The number of pyridine rings is 1. The summed E-state index contributed by atoms with van der Waals surface area (Å²) in [5.74, 6) is 0.801. The Kier molecular flexibility index (Phi) is 7.27. The lowest BCUT2D eigenvalue weighted by Crippen LogP contribution is -2.44. The highest BCUT2D eigenvalue weighted by Gasteiger charge is 2.30. The molecule has 3 amide bonds. The smallest absolute Gasteiger partial charge is 0.317 e. The van der Waals surface area contributed by atoms with Crippen molar-refractivity contribution >= 4 is 11.9 Å². The van der Waals surface area contributed by atoms with Crippen molar-refractivity contribution in [2.75, 3.05) is 45.9 Å². The van der Waals surface area contributed by atoms with E-state index in [2.05, 4.69) is 10.3 Å². The summed E-state index contributed by atoms with van der Waals surface area (Å²) >= 11 is 0. The lowest BCUT2D eigenvalue weighted by Gasteiger charge is -2.24. The molecule has 0 spiro atoms. The molecule has 2 aliphatic rings. The van der Waals surface area contributed by atoms with Crippen LogP contribution in [0.5, 0.6) is 5.75 Å². The van der Waals surface area contributed by atoms with Crippen molar-refractivity contribution in [3.05, 3.63) is 24.5 Å². The SMILES string of the molecule is O=C(NCCCOc1cccnc1)N1CCCN(C(=O)C2CCCO2)CC1. The maximum absolute atomic E-state index is 12.5. The number of urea groups is 1. The molecule has 2 fully saturated rings. The predicted octanol–water partition coefficient (Wildman–Crippen LogP) is 1.27. The van der Waals surface area contributed by atoms with E-state index in [1.165, 1.54) is 0 Å². The van der Waals surface area contributed by atoms with Gasteiger partial charge in [0.2, 0.25) is 0 Å². The number of ether oxygens (including phenoxy) is 2. The van der Waals surface area contributed by atoms with Crippen LogP contribution in [0.3, 0.4) is 0 Å². The molecule has 2 aliphatic heterocycles. The second kappa shape index (κ2) is 10.1. The summed E-state index contributed by atoms with van der Waals surface area (Å²) in [5.41, 5.74) is 0. The summed E-state index contributed by atoms with van der Waals surface area (Å²) in [6, 6.07) is 3.60. The van der Waals surface area contributed by atoms with Gasteiger partial charge in [-0.2, -0.15) is 0 Å². The van der Waals surface area contributed by atoms with Crippen LogP contribution in [-0.4, -0.2) is 78.8 Å². The normalized spacial score (nSPS) is 20.2. The first-order valence-electron chi connectivity index (χ1n) is 9.70. The molecule has 0 aliphatic carbocycles. The van der Waals surface area contributed by atoms with Crippen LogP contribution in [0.2, 0.25) is 0 Å². The molecule has 2 saturated heterocycles. The van der Waals surface area contributed by atoms with E-state index in [0.29, 0.717) is 45.9 Å². The van der Waals surface area contributed by atoms with E-state index in [1.54, 1.807) is 17.3 Å². The molecule has 1 atom stereocenters. The van der Waals surface area contributed by atoms with Gasteiger partial charge in [0.1, 0.15) is 11.9 Å². The number of carbonyl (C=O) groups is 2. The maximum atomic E-state index is 12.5. The third kappa shape index (κ3) is 5.82. The van der Waals surface area contributed by atoms with Gasteiger partial charge in [0.25, 0.3) is 5.91 Å². The quantitative estimate of drug-likeness (QED) is 0.756. The van der Waals surface area contributed by atoms with Crippen LogP contribution in [0.4, 0.5) is 4.79 Å². The number of amides is 3. The molecule has 1 aromatic rings. The van der Waals surface area contributed by atoms with E-state index >= 15 is 0 Å². The zero-order valence-corrected chi connectivity index (χ0v) is 15.6. The zero-order chi connectivity index (χ0) is 18.9. The summed E-state index contributed by atoms with van der Waals surface area (Å²) in [7, 11) is 0. The standard InChI is InChI=1S/C19H28N4O4/c24-18(17-6-2-13-27-17)22-9-4-10-23(12-11-22)19(25)21-8-3-14-26-16-5-1-7-20-15-16/h1,5,7,15,17H,2-4,6,8-14H2,(H,21,25). The molecular formula is C19H28N4O4. The fraction of sp³-hybridized carbons (Fsp3) is 0.632. The predicted molar refractivity (Wildman–Crippen MR) is 99.5 cm³/mol. The highest BCUT2D eigenvalue weighted by Crippen LogP contribution is 2.16. The summed E-state index contributed by atoms with van der Waals surface area (Å²) in [6.07, 6.45) is 6.34. The van der Waals surface area contributed by atoms with Crippen LogP contribution < -0.4 is 10.1 Å². The first-order valence-corrected chi connectivity index (χ1v) is 9.70. The molecule has 0 bridgehead atoms. The minimum absolute atomic E-state index is 0.0716. The summed E-state index contributed by atoms with van der Waals surface area (Å²) in [4.78, 5) is 32.4. The van der Waals surface area contributed by atoms with Crippen LogP contribution >= 0.6 is 0 Å². The second-order valence-corrected chi connectivity index (χ2v) is 6.79. The molecule has 27 heavy (non-hydrogen) atoms. The van der Waals surface area contributed by atoms with Crippen LogP contribution in [0, 0.1) is 0 Å². The Labute approximate surface area is 159 Å². The number of aromatic nitrogens is 1. The van der Waals surface area contributed by atoms with Crippen molar-refractivity contribution in [1.82, 2.24) is 20.1 Å². The van der Waals surface area contributed by atoms with E-state index in [9.17, 15) is 9.59 Å². The van der Waals surface area contributed by atoms with Gasteiger partial charge in [-0.05, 0) is 37.8 Å². The zero-order valence-electron chi connectivity index (χ0n) is 15.6. The van der Waals surface area contributed by atoms with Gasteiger partial charge in [-0.3, -0.25) is 9.78 Å². The van der Waals surface area contributed by atoms with Gasteiger partial charge in [0, 0.05) is 45.5 Å². The first kappa shape index (κ1) is 19.4. The molecule has 1 aromatic heterocycles. The molecule has 0 saturated carbocycles. The largest absolute Gasteiger partial charge is 0.492 e. The monoisotopic (exact) mass is 376 g/mol. The van der Waals surface area contributed by atoms with Crippen molar-refractivity contribution in [1.29, 1.82) is 0 Å². The van der Waals surface area contributed by atoms with Gasteiger partial charge in [-0.25, -0.2) is 4.79 Å². The highest BCUT2D eigenvalue weighted by molar-refractivity contribution is 5.81. The Morgan fingerprint density at radius 3 is 2.85 bits per heavy atom. The third-order valence-corrected chi connectivity index (χ3v) is 4.80. The van der Waals surface area contributed by atoms with E-state index in [-0.39, 0.29) is 18.0 Å². The van der Waals surface area contributed by atoms with Gasteiger partial charge >= 0.3 is 6.03 Å². The molecule has 3 heterocycles. The Bertz CT molecular complexity index is 607. The van der Waals surface area contributed by atoms with Gasteiger partial charge in [-0.15, -0.1) is 0 Å². The van der Waals surface area contributed by atoms with Crippen molar-refractivity contribution < 1.29 is 19.1 Å². The third-order valence-electron chi connectivity index (χ3n) is 4.80. The minimum Gasteiger partial charge on any atom is -0.492 e. The van der Waals surface area contributed by atoms with E-state index in [1.807, 2.05) is 17.0 Å². The van der Waals surface area contributed by atoms with Crippen molar-refractivity contribution in [3.8, 4) is 5.75 Å². The second-order valence-electron chi connectivity index (χ2n) is 6.79. The van der Waals surface area contributed by atoms with Crippen LogP contribution in [-0.2, 0) is 9.53 Å². The summed E-state index contributed by atoms with van der Waals surface area (Å²) < 4.78 is 11.1. The number of carbonyl (C=O) groups excluding carboxylic acids is 2. The number of hydrogen-bond acceptors (Lipinski definition) is 5. The topological polar surface area (TPSA) is 84.0 Å². The number of hydrogen-bond donors (Lipinski definition) is 1. The fourth-order valence-electron chi connectivity index (χ4n) is 3.32. The van der Waals surface area contributed by atoms with Crippen molar-refractivity contribution in [2.45, 2.75) is 31.8 Å². The highest BCUT2D eigenvalue weighted by atomic mass is 16.5. The van der Waals surface area contributed by atoms with Crippen molar-refractivity contribution in [3.63, 3.8) is 0 Å². The molecule has 148 valence electrons. The Balaban J connectivity index is 1.33. The van der Waals surface area contributed by atoms with Crippen molar-refractivity contribution in [2.24, 2.45) is 0 Å². The molecule has 1 unspecified atom stereocenters. The first-order chi connectivity index (χ1) is 13.2. The fourth-order valence-corrected chi connectivity index (χ4v) is 3.32. The molecule has 1 N–H and O–H groups in total. The Hall–Kier alpha value is -2.35. The number of nitrogens with zero attached hydrogens (tertiary/aromatic N) is 3. The van der Waals surface area contributed by atoms with E-state index in [0.717, 1.165) is 31.4 Å². The van der Waals surface area contributed by atoms with E-state index < -0.39 is 0 Å². The van der Waals surface area contributed by atoms with Gasteiger partial charge in [0.05, 0.1) is 12.8 Å². The number of rotatable bonds is 6. The van der Waals surface area contributed by atoms with Gasteiger partial charge < -0.3 is 24.6 Å². The van der Waals surface area contributed by atoms with Crippen LogP contribution in [0.25, 0.3) is 0 Å². The molecule has 3 rings (SSSR count). The van der Waals surface area contributed by atoms with E-state index in [4.69, 9.17) is 9.47 Å². The molecule has 0 radical (unpaired) electrons. The van der Waals surface area contributed by atoms with Crippen LogP contribution in [0.1, 0.15) is 25.7 Å². The molecule has 8 nitrogen and oxygen atoms in total. The Morgan fingerprint density at radius 1 is 1.22 bits per heavy atom. The molecule has 8 heteroatoms. The minimum atomic E-state index is -0.287. The Morgan fingerprint density at radius 2 is 2.07 bits per heavy atom. The average Bonchev–Trinajstić information content (AvgIpc) is 3.12. The maximum Gasteiger partial charge on any atom is 0.317 e. The average molecular weight is 376 g/mol. The molecule has 0 aromatic carbocycles. The summed E-state index contributed by atoms with van der Waals surface area (Å²) in [6.45, 7) is 4.20. The van der Waals surface area contributed by atoms with Gasteiger partial charge in [-0.1, -0.05) is 0 Å². The van der Waals surface area contributed by atoms with Gasteiger partial charge in [0.15, 0.2) is 0 Å². The summed E-state index contributed by atoms with van der Waals surface area (Å²) in [5, 5.41) is 2.93. The lowest BCUT2D eigenvalue weighted by molar-refractivity contribution is -0.140. The number of nitrogens with one attached hydrogen (secondary N) is 1. The molecular weight excluding hydrogens is 348 g/mol. The van der Waals surface area contributed by atoms with Crippen LogP contribution in [0.15, 0.2) is 24.5 Å². The lowest BCUT2D eigenvalue weighted by atomic mass is 10.2.